The Morgan fingerprint density at radius 1 is 1.00 bits per heavy atom. The first-order chi connectivity index (χ1) is 19.9. The van der Waals surface area contributed by atoms with E-state index in [4.69, 9.17) is 14.2 Å². The number of nitrogens with one attached hydrogen (secondary N) is 2. The second-order valence-electron chi connectivity index (χ2n) is 11.3. The summed E-state index contributed by atoms with van der Waals surface area (Å²) in [5.74, 6) is -0.920. The van der Waals surface area contributed by atoms with Gasteiger partial charge in [-0.3, -0.25) is 14.4 Å². The normalized spacial score (nSPS) is 28.4. The maximum Gasteiger partial charge on any atom is 0.246 e. The summed E-state index contributed by atoms with van der Waals surface area (Å²) in [6.07, 6.45) is 8.27. The maximum absolute atomic E-state index is 14.2. The van der Waals surface area contributed by atoms with Gasteiger partial charge < -0.3 is 29.7 Å². The molecule has 1 saturated carbocycles. The lowest BCUT2D eigenvalue weighted by Gasteiger charge is -2.34. The monoisotopic (exact) mass is 559 g/mol. The Bertz CT molecular complexity index is 1320. The Kier molecular flexibility index (Phi) is 7.46. The van der Waals surface area contributed by atoms with Crippen LogP contribution >= 0.6 is 0 Å². The molecule has 3 amide bonds. The smallest absolute Gasteiger partial charge is 0.246 e. The summed E-state index contributed by atoms with van der Waals surface area (Å²) in [5.41, 5.74) is 0.264. The zero-order valence-electron chi connectivity index (χ0n) is 23.5. The fourth-order valence-electron chi connectivity index (χ4n) is 6.92. The van der Waals surface area contributed by atoms with E-state index >= 15 is 0 Å². The Hall–Kier alpha value is -3.85. The van der Waals surface area contributed by atoms with Crippen molar-refractivity contribution in [3.05, 3.63) is 66.2 Å². The highest BCUT2D eigenvalue weighted by Gasteiger charge is 2.72. The van der Waals surface area contributed by atoms with Crippen molar-refractivity contribution in [1.29, 1.82) is 0 Å². The Labute approximate surface area is 240 Å². The van der Waals surface area contributed by atoms with E-state index in [2.05, 4.69) is 10.6 Å². The molecule has 9 nitrogen and oxygen atoms in total. The van der Waals surface area contributed by atoms with Crippen LogP contribution in [0.1, 0.15) is 44.6 Å². The third-order valence-corrected chi connectivity index (χ3v) is 8.82. The van der Waals surface area contributed by atoms with Crippen LogP contribution in [-0.2, 0) is 25.7 Å². The van der Waals surface area contributed by atoms with Crippen molar-refractivity contribution in [3.63, 3.8) is 0 Å². The van der Waals surface area contributed by atoms with E-state index in [-0.39, 0.29) is 30.3 Å². The summed E-state index contributed by atoms with van der Waals surface area (Å²) < 4.78 is 17.3. The predicted octanol–water partition coefficient (Wildman–Crippen LogP) is 3.83. The topological polar surface area (TPSA) is 106 Å². The minimum Gasteiger partial charge on any atom is -0.497 e. The first kappa shape index (κ1) is 27.3. The molecule has 4 aliphatic rings. The van der Waals surface area contributed by atoms with Crippen LogP contribution in [0.3, 0.4) is 0 Å². The molecule has 2 saturated heterocycles. The summed E-state index contributed by atoms with van der Waals surface area (Å²) in [6.45, 7) is 2.68. The van der Waals surface area contributed by atoms with Crippen molar-refractivity contribution in [2.45, 2.75) is 69.4 Å². The van der Waals surface area contributed by atoms with Crippen LogP contribution in [0.15, 0.2) is 60.7 Å². The van der Waals surface area contributed by atoms with E-state index in [0.717, 1.165) is 31.2 Å². The molecule has 0 aromatic heterocycles. The zero-order valence-corrected chi connectivity index (χ0v) is 23.5. The summed E-state index contributed by atoms with van der Waals surface area (Å²) >= 11 is 0. The van der Waals surface area contributed by atoms with Crippen LogP contribution in [-0.4, -0.2) is 60.1 Å². The minimum atomic E-state index is -1.20. The second kappa shape index (κ2) is 11.2. The Morgan fingerprint density at radius 3 is 2.39 bits per heavy atom. The first-order valence-electron chi connectivity index (χ1n) is 14.6. The van der Waals surface area contributed by atoms with Gasteiger partial charge in [0.05, 0.1) is 31.7 Å². The van der Waals surface area contributed by atoms with Gasteiger partial charge in [-0.05, 0) is 61.7 Å². The number of likely N-dealkylation sites (tertiary alicyclic amines) is 1. The number of nitrogens with zero attached hydrogens (tertiary/aromatic N) is 1. The fourth-order valence-corrected chi connectivity index (χ4v) is 6.92. The molecule has 5 atom stereocenters. The quantitative estimate of drug-likeness (QED) is 0.453. The van der Waals surface area contributed by atoms with Crippen LogP contribution < -0.4 is 20.1 Å². The number of carbonyl (C=O) groups is 3. The predicted molar refractivity (Wildman–Crippen MR) is 152 cm³/mol. The molecule has 2 N–H and O–H groups in total. The molecule has 1 spiro atoms. The zero-order chi connectivity index (χ0) is 28.6. The molecule has 0 unspecified atom stereocenters. The van der Waals surface area contributed by atoms with Crippen LogP contribution in [0.4, 0.5) is 5.69 Å². The Morgan fingerprint density at radius 2 is 1.71 bits per heavy atom. The van der Waals surface area contributed by atoms with Gasteiger partial charge in [-0.15, -0.1) is 0 Å². The van der Waals surface area contributed by atoms with Gasteiger partial charge in [0.15, 0.2) is 0 Å². The van der Waals surface area contributed by atoms with Crippen molar-refractivity contribution >= 4 is 23.4 Å². The number of amides is 3. The molecule has 3 heterocycles. The third-order valence-electron chi connectivity index (χ3n) is 8.82. The molecular weight excluding hydrogens is 522 g/mol. The van der Waals surface area contributed by atoms with Gasteiger partial charge in [0, 0.05) is 18.3 Å². The Balaban J connectivity index is 1.29. The van der Waals surface area contributed by atoms with Crippen LogP contribution in [0.2, 0.25) is 0 Å². The highest BCUT2D eigenvalue weighted by atomic mass is 16.5. The highest BCUT2D eigenvalue weighted by molar-refractivity contribution is 6.02. The molecule has 2 aromatic rings. The summed E-state index contributed by atoms with van der Waals surface area (Å²) in [5, 5.41) is 6.19. The minimum absolute atomic E-state index is 0.0750. The molecule has 216 valence electrons. The molecule has 3 aliphatic heterocycles. The van der Waals surface area contributed by atoms with E-state index in [0.29, 0.717) is 23.8 Å². The van der Waals surface area contributed by atoms with Crippen molar-refractivity contribution < 1.29 is 28.6 Å². The lowest BCUT2D eigenvalue weighted by molar-refractivity contribution is -0.142. The van der Waals surface area contributed by atoms with Gasteiger partial charge in [-0.25, -0.2) is 0 Å². The number of benzene rings is 2. The lowest BCUT2D eigenvalue weighted by atomic mass is 9.74. The number of fused-ring (bicyclic) bond motifs is 1. The number of ether oxygens (including phenoxy) is 3. The van der Waals surface area contributed by atoms with Crippen molar-refractivity contribution in [1.82, 2.24) is 10.2 Å². The number of rotatable bonds is 9. The first-order valence-corrected chi connectivity index (χ1v) is 14.6. The molecule has 2 bridgehead atoms. The van der Waals surface area contributed by atoms with E-state index in [9.17, 15) is 14.4 Å². The number of methoxy groups -OCH3 is 1. The molecule has 0 radical (unpaired) electrons. The average Bonchev–Trinajstić information content (AvgIpc) is 3.62. The van der Waals surface area contributed by atoms with Crippen LogP contribution in [0, 0.1) is 11.8 Å². The van der Waals surface area contributed by atoms with Crippen molar-refractivity contribution in [2.24, 2.45) is 11.8 Å². The van der Waals surface area contributed by atoms with Gasteiger partial charge >= 0.3 is 0 Å². The lowest BCUT2D eigenvalue weighted by Crippen LogP contribution is -2.56. The van der Waals surface area contributed by atoms with E-state index < -0.39 is 29.6 Å². The third kappa shape index (κ3) is 4.96. The van der Waals surface area contributed by atoms with E-state index in [1.165, 1.54) is 6.42 Å². The van der Waals surface area contributed by atoms with E-state index in [1.807, 2.05) is 43.3 Å². The standard InChI is InChI=1S/C32H37N3O6/c1-3-40-24-15-11-22(12-16-24)33-29(36)26-25-17-18-32(41-25)27(26)31(38)35(19-20-9-13-23(39-2)14-10-20)28(32)30(37)34-21-7-5-4-6-8-21/h9-18,21,25-28H,3-8,19H2,1-2H3,(H,33,36)(H,34,37)/t25-,26-,27-,28+,32-/m0/s1. The second-order valence-corrected chi connectivity index (χ2v) is 11.3. The summed E-state index contributed by atoms with van der Waals surface area (Å²) in [6, 6.07) is 13.8. The number of anilines is 1. The summed E-state index contributed by atoms with van der Waals surface area (Å²) in [4.78, 5) is 43.5. The van der Waals surface area contributed by atoms with Gasteiger partial charge in [-0.2, -0.15) is 0 Å². The van der Waals surface area contributed by atoms with Gasteiger partial charge in [0.25, 0.3) is 0 Å². The van der Waals surface area contributed by atoms with E-state index in [1.54, 1.807) is 36.3 Å². The van der Waals surface area contributed by atoms with Crippen LogP contribution in [0.25, 0.3) is 0 Å². The maximum atomic E-state index is 14.2. The van der Waals surface area contributed by atoms with Gasteiger partial charge in [0.2, 0.25) is 17.7 Å². The van der Waals surface area contributed by atoms with Crippen molar-refractivity contribution in [2.75, 3.05) is 19.0 Å². The fraction of sp³-hybridized carbons (Fsp3) is 0.469. The largest absolute Gasteiger partial charge is 0.497 e. The molecule has 3 fully saturated rings. The van der Waals surface area contributed by atoms with Crippen LogP contribution in [0.5, 0.6) is 11.5 Å². The van der Waals surface area contributed by atoms with Crippen molar-refractivity contribution in [3.8, 4) is 11.5 Å². The molecule has 2 aromatic carbocycles. The van der Waals surface area contributed by atoms with Gasteiger partial charge in [0.1, 0.15) is 23.1 Å². The van der Waals surface area contributed by atoms with Gasteiger partial charge in [-0.1, -0.05) is 43.5 Å². The average molecular weight is 560 g/mol. The molecular formula is C32H37N3O6. The SMILES string of the molecule is CCOc1ccc(NC(=O)[C@H]2[C@@H]3C=C[C@]4(O3)[C@@H]2C(=O)N(Cc2ccc(OC)cc2)[C@@H]4C(=O)NC2CCCCC2)cc1. The number of hydrogen-bond donors (Lipinski definition) is 2. The number of carbonyl (C=O) groups excluding carboxylic acids is 3. The molecule has 9 heteroatoms. The number of hydrogen-bond acceptors (Lipinski definition) is 6. The molecule has 1 aliphatic carbocycles. The molecule has 6 rings (SSSR count). The highest BCUT2D eigenvalue weighted by Crippen LogP contribution is 2.55. The molecule has 41 heavy (non-hydrogen) atoms. The summed E-state index contributed by atoms with van der Waals surface area (Å²) in [7, 11) is 1.60.